The lowest BCUT2D eigenvalue weighted by atomic mass is 9.81. The zero-order chi connectivity index (χ0) is 15.4. The number of carbonyl (C=O) groups is 1. The van der Waals surface area contributed by atoms with Gasteiger partial charge in [-0.2, -0.15) is 0 Å². The van der Waals surface area contributed by atoms with Crippen LogP contribution < -0.4 is 0 Å². The SMILES string of the molecule is CCC(C)C(C(=O)N1C(CC)CC[C@H]1C(C)C)C(C)C. The molecule has 0 N–H and O–H groups in total. The fourth-order valence-corrected chi connectivity index (χ4v) is 3.92. The van der Waals surface area contributed by atoms with Gasteiger partial charge in [0, 0.05) is 18.0 Å². The number of likely N-dealkylation sites (tertiary alicyclic amines) is 1. The molecule has 0 aromatic carbocycles. The molecular formula is C18H35NO. The van der Waals surface area contributed by atoms with Crippen molar-refractivity contribution in [3.63, 3.8) is 0 Å². The number of nitrogens with zero attached hydrogens (tertiary/aromatic N) is 1. The van der Waals surface area contributed by atoms with Crippen molar-refractivity contribution in [2.75, 3.05) is 0 Å². The Kier molecular flexibility index (Phi) is 6.54. The molecule has 0 bridgehead atoms. The second kappa shape index (κ2) is 7.47. The summed E-state index contributed by atoms with van der Waals surface area (Å²) in [5.74, 6) is 2.10. The number of amides is 1. The highest BCUT2D eigenvalue weighted by molar-refractivity contribution is 5.80. The van der Waals surface area contributed by atoms with E-state index < -0.39 is 0 Å². The average molecular weight is 281 g/mol. The van der Waals surface area contributed by atoms with Crippen LogP contribution in [0.5, 0.6) is 0 Å². The third kappa shape index (κ3) is 3.56. The first-order chi connectivity index (χ1) is 9.34. The smallest absolute Gasteiger partial charge is 0.226 e. The van der Waals surface area contributed by atoms with E-state index in [0.29, 0.717) is 35.7 Å². The predicted molar refractivity (Wildman–Crippen MR) is 86.6 cm³/mol. The lowest BCUT2D eigenvalue weighted by Gasteiger charge is -2.38. The molecule has 1 heterocycles. The van der Waals surface area contributed by atoms with Crippen molar-refractivity contribution in [2.45, 2.75) is 86.2 Å². The van der Waals surface area contributed by atoms with Crippen molar-refractivity contribution in [3.8, 4) is 0 Å². The molecule has 0 radical (unpaired) electrons. The van der Waals surface area contributed by atoms with E-state index in [2.05, 4.69) is 53.4 Å². The van der Waals surface area contributed by atoms with Crippen LogP contribution in [0.2, 0.25) is 0 Å². The summed E-state index contributed by atoms with van der Waals surface area (Å²) in [5.41, 5.74) is 0. The fourth-order valence-electron chi connectivity index (χ4n) is 3.92. The average Bonchev–Trinajstić information content (AvgIpc) is 2.81. The molecule has 1 fully saturated rings. The molecule has 2 heteroatoms. The Hall–Kier alpha value is -0.530. The minimum absolute atomic E-state index is 0.188. The number of carbonyl (C=O) groups excluding carboxylic acids is 1. The first-order valence-corrected chi connectivity index (χ1v) is 8.67. The maximum absolute atomic E-state index is 13.2. The van der Waals surface area contributed by atoms with E-state index in [4.69, 9.17) is 0 Å². The molecule has 4 atom stereocenters. The minimum Gasteiger partial charge on any atom is -0.336 e. The van der Waals surface area contributed by atoms with E-state index in [9.17, 15) is 4.79 Å². The molecule has 1 rings (SSSR count). The molecule has 0 aromatic rings. The maximum Gasteiger partial charge on any atom is 0.226 e. The Balaban J connectivity index is 2.99. The second-order valence-electron chi connectivity index (χ2n) is 7.35. The van der Waals surface area contributed by atoms with Gasteiger partial charge < -0.3 is 4.90 Å². The van der Waals surface area contributed by atoms with Gasteiger partial charge in [-0.15, -0.1) is 0 Å². The van der Waals surface area contributed by atoms with Gasteiger partial charge in [0.05, 0.1) is 0 Å². The molecule has 1 aliphatic heterocycles. The van der Waals surface area contributed by atoms with Gasteiger partial charge in [-0.05, 0) is 37.0 Å². The molecule has 118 valence electrons. The number of hydrogen-bond donors (Lipinski definition) is 0. The monoisotopic (exact) mass is 281 g/mol. The topological polar surface area (TPSA) is 20.3 Å². The quantitative estimate of drug-likeness (QED) is 0.689. The highest BCUT2D eigenvalue weighted by Gasteiger charge is 2.41. The lowest BCUT2D eigenvalue weighted by molar-refractivity contribution is -0.143. The van der Waals surface area contributed by atoms with E-state index in [-0.39, 0.29) is 5.92 Å². The molecule has 1 aliphatic rings. The van der Waals surface area contributed by atoms with Gasteiger partial charge in [-0.25, -0.2) is 0 Å². The van der Waals surface area contributed by atoms with Crippen molar-refractivity contribution in [2.24, 2.45) is 23.7 Å². The highest BCUT2D eigenvalue weighted by atomic mass is 16.2. The van der Waals surface area contributed by atoms with Gasteiger partial charge >= 0.3 is 0 Å². The summed E-state index contributed by atoms with van der Waals surface area (Å²) >= 11 is 0. The van der Waals surface area contributed by atoms with Gasteiger partial charge in [0.1, 0.15) is 0 Å². The van der Waals surface area contributed by atoms with Crippen LogP contribution >= 0.6 is 0 Å². The fraction of sp³-hybridized carbons (Fsp3) is 0.944. The van der Waals surface area contributed by atoms with Crippen LogP contribution in [0.25, 0.3) is 0 Å². The molecule has 0 aromatic heterocycles. The van der Waals surface area contributed by atoms with Gasteiger partial charge in [0.2, 0.25) is 5.91 Å². The number of hydrogen-bond acceptors (Lipinski definition) is 1. The summed E-state index contributed by atoms with van der Waals surface area (Å²) in [6.07, 6.45) is 4.56. The van der Waals surface area contributed by atoms with Crippen LogP contribution in [0.3, 0.4) is 0 Å². The van der Waals surface area contributed by atoms with E-state index >= 15 is 0 Å². The third-order valence-corrected chi connectivity index (χ3v) is 5.30. The molecule has 3 unspecified atom stereocenters. The molecule has 1 saturated heterocycles. The Morgan fingerprint density at radius 1 is 1.10 bits per heavy atom. The molecule has 20 heavy (non-hydrogen) atoms. The first kappa shape index (κ1) is 17.5. The van der Waals surface area contributed by atoms with Gasteiger partial charge in [0.25, 0.3) is 0 Å². The van der Waals surface area contributed by atoms with Gasteiger partial charge in [-0.1, -0.05) is 54.9 Å². The van der Waals surface area contributed by atoms with Crippen LogP contribution in [0.15, 0.2) is 0 Å². The van der Waals surface area contributed by atoms with E-state index in [1.165, 1.54) is 12.8 Å². The number of rotatable bonds is 6. The summed E-state index contributed by atoms with van der Waals surface area (Å²) < 4.78 is 0. The maximum atomic E-state index is 13.2. The van der Waals surface area contributed by atoms with E-state index in [1.54, 1.807) is 0 Å². The predicted octanol–water partition coefficient (Wildman–Crippen LogP) is 4.73. The van der Waals surface area contributed by atoms with Crippen molar-refractivity contribution < 1.29 is 4.79 Å². The summed E-state index contributed by atoms with van der Waals surface area (Å²) in [6, 6.07) is 0.929. The largest absolute Gasteiger partial charge is 0.336 e. The Bertz CT molecular complexity index is 311. The summed E-state index contributed by atoms with van der Waals surface area (Å²) in [7, 11) is 0. The normalized spacial score (nSPS) is 26.4. The summed E-state index contributed by atoms with van der Waals surface area (Å²) in [4.78, 5) is 15.5. The van der Waals surface area contributed by atoms with Crippen LogP contribution in [-0.2, 0) is 4.79 Å². The molecular weight excluding hydrogens is 246 g/mol. The van der Waals surface area contributed by atoms with Crippen LogP contribution in [-0.4, -0.2) is 22.9 Å². The summed E-state index contributed by atoms with van der Waals surface area (Å²) in [6.45, 7) is 15.6. The van der Waals surface area contributed by atoms with Crippen LogP contribution in [0, 0.1) is 23.7 Å². The zero-order valence-electron chi connectivity index (χ0n) is 14.6. The molecule has 2 nitrogen and oxygen atoms in total. The minimum atomic E-state index is 0.188. The third-order valence-electron chi connectivity index (χ3n) is 5.30. The standard InChI is InChI=1S/C18H35NO/c1-8-14(7)17(13(5)6)18(20)19-15(9-2)10-11-16(19)12(3)4/h12-17H,8-11H2,1-7H3/t14?,15?,16-,17?/m0/s1. The Labute approximate surface area is 126 Å². The van der Waals surface area contributed by atoms with Gasteiger partial charge in [0.15, 0.2) is 0 Å². The van der Waals surface area contributed by atoms with Crippen LogP contribution in [0.4, 0.5) is 0 Å². The van der Waals surface area contributed by atoms with E-state index in [0.717, 1.165) is 12.8 Å². The van der Waals surface area contributed by atoms with Crippen molar-refractivity contribution >= 4 is 5.91 Å². The molecule has 1 amide bonds. The first-order valence-electron chi connectivity index (χ1n) is 8.67. The van der Waals surface area contributed by atoms with Crippen LogP contribution in [0.1, 0.15) is 74.1 Å². The summed E-state index contributed by atoms with van der Waals surface area (Å²) in [5, 5.41) is 0. The Morgan fingerprint density at radius 2 is 1.70 bits per heavy atom. The Morgan fingerprint density at radius 3 is 2.10 bits per heavy atom. The van der Waals surface area contributed by atoms with Gasteiger partial charge in [-0.3, -0.25) is 4.79 Å². The molecule has 0 saturated carbocycles. The van der Waals surface area contributed by atoms with Crippen molar-refractivity contribution in [1.82, 2.24) is 4.90 Å². The molecule has 0 spiro atoms. The highest BCUT2D eigenvalue weighted by Crippen LogP contribution is 2.35. The zero-order valence-corrected chi connectivity index (χ0v) is 14.6. The second-order valence-corrected chi connectivity index (χ2v) is 7.35. The van der Waals surface area contributed by atoms with E-state index in [1.807, 2.05) is 0 Å². The van der Waals surface area contributed by atoms with Crippen molar-refractivity contribution in [3.05, 3.63) is 0 Å². The molecule has 0 aliphatic carbocycles. The lowest BCUT2D eigenvalue weighted by Crippen LogP contribution is -2.48. The van der Waals surface area contributed by atoms with Crippen molar-refractivity contribution in [1.29, 1.82) is 0 Å².